The topological polar surface area (TPSA) is 85.0 Å². The van der Waals surface area contributed by atoms with Crippen molar-refractivity contribution in [2.75, 3.05) is 19.6 Å². The number of anilines is 12. The van der Waals surface area contributed by atoms with Gasteiger partial charge in [-0.1, -0.05) is 291 Å². The Bertz CT molecular complexity index is 10200. The SMILES string of the molecule is C.C.C.C.Cc1cccc2c1oc1c(N(c3ccccc3)c3cccc4c3c3cccc5c6cc7c(cc6n4c53)c3cccc4c5c(N(c6ccccc6)c6cccc8c6oc6c(C)cccc68)cccc5n7c34)cccc12.[C-]#[N+]c1ccc(N(c2ccc(C)cc2)c2cccc3c2c2cccc4c5cc6c(cc5n3c42)c2cccc3c4c(N(c5ccc(C#N)cc5)c5ccc([Si](C)(C)C)cc5)cccc4n6c23)cc1. The second kappa shape index (κ2) is 32.9. The lowest BCUT2D eigenvalue weighted by atomic mass is 10.0. The number of hydrogen-bond acceptors (Lipinski definition) is 7. The smallest absolute Gasteiger partial charge is 0.187 e. The Morgan fingerprint density at radius 1 is 0.255 bits per heavy atom. The number of benzene rings is 20. The molecule has 0 N–H and O–H groups in total. The molecular formula is C132H100N10O2Si. The molecule has 30 rings (SSSR count). The first-order valence-electron chi connectivity index (χ1n) is 48.2. The van der Waals surface area contributed by atoms with E-state index in [4.69, 9.17) is 15.4 Å². The van der Waals surface area contributed by atoms with E-state index in [1.54, 1.807) is 0 Å². The molecule has 0 aliphatic heterocycles. The molecule has 12 nitrogen and oxygen atoms in total. The monoisotopic (exact) mass is 1880 g/mol. The maximum atomic E-state index is 9.73. The molecule has 13 heteroatoms. The van der Waals surface area contributed by atoms with Crippen LogP contribution in [0.3, 0.4) is 0 Å². The van der Waals surface area contributed by atoms with Crippen LogP contribution in [0.4, 0.5) is 73.9 Å². The molecule has 30 aromatic rings. The molecule has 0 saturated carbocycles. The minimum atomic E-state index is -1.53. The normalized spacial score (nSPS) is 12.0. The van der Waals surface area contributed by atoms with Crippen LogP contribution < -0.4 is 24.8 Å². The fourth-order valence-electron chi connectivity index (χ4n) is 24.0. The third-order valence-electron chi connectivity index (χ3n) is 30.2. The molecule has 0 amide bonds. The third kappa shape index (κ3) is 12.5. The summed E-state index contributed by atoms with van der Waals surface area (Å²) in [5, 5.41) is 35.1. The zero-order chi connectivity index (χ0) is 93.8. The van der Waals surface area contributed by atoms with Gasteiger partial charge in [-0.25, -0.2) is 4.85 Å². The van der Waals surface area contributed by atoms with Crippen LogP contribution in [0.25, 0.3) is 201 Å². The van der Waals surface area contributed by atoms with E-state index >= 15 is 0 Å². The van der Waals surface area contributed by atoms with Gasteiger partial charge < -0.3 is 46.0 Å². The Morgan fingerprint density at radius 3 is 0.855 bits per heavy atom. The first-order valence-corrected chi connectivity index (χ1v) is 51.7. The lowest BCUT2D eigenvalue weighted by Crippen LogP contribution is -2.37. The molecule has 0 fully saturated rings. The van der Waals surface area contributed by atoms with Gasteiger partial charge in [0.05, 0.1) is 127 Å². The predicted molar refractivity (Wildman–Crippen MR) is 620 cm³/mol. The number of nitriles is 1. The molecule has 0 bridgehead atoms. The number of hydrogen-bond donors (Lipinski definition) is 0. The highest BCUT2D eigenvalue weighted by atomic mass is 28.3. The molecule has 0 radical (unpaired) electrons. The summed E-state index contributed by atoms with van der Waals surface area (Å²) < 4.78 is 23.8. The Kier molecular flexibility index (Phi) is 20.0. The number of aromatic nitrogens is 4. The lowest BCUT2D eigenvalue weighted by Gasteiger charge is -2.27. The second-order valence-electron chi connectivity index (χ2n) is 39.0. The van der Waals surface area contributed by atoms with Gasteiger partial charge in [0, 0.05) is 142 Å². The molecule has 0 spiro atoms. The molecule has 0 unspecified atom stereocenters. The zero-order valence-electron chi connectivity index (χ0n) is 77.9. The highest BCUT2D eigenvalue weighted by molar-refractivity contribution is 6.88. The van der Waals surface area contributed by atoms with Crippen molar-refractivity contribution in [2.24, 2.45) is 0 Å². The van der Waals surface area contributed by atoms with E-state index in [-0.39, 0.29) is 29.7 Å². The highest BCUT2D eigenvalue weighted by Gasteiger charge is 2.34. The summed E-state index contributed by atoms with van der Waals surface area (Å²) in [4.78, 5) is 13.2. The summed E-state index contributed by atoms with van der Waals surface area (Å²) in [5.41, 5.74) is 35.3. The van der Waals surface area contributed by atoms with Gasteiger partial charge in [0.15, 0.2) is 16.9 Å². The van der Waals surface area contributed by atoms with Crippen LogP contribution in [0, 0.1) is 38.7 Å². The van der Waals surface area contributed by atoms with Gasteiger partial charge in [0.25, 0.3) is 0 Å². The van der Waals surface area contributed by atoms with Gasteiger partial charge in [-0.05, 0) is 202 Å². The number of rotatable bonds is 13. The molecule has 0 atom stereocenters. The minimum Gasteiger partial charge on any atom is -0.454 e. The minimum absolute atomic E-state index is 0. The maximum absolute atomic E-state index is 9.73. The van der Waals surface area contributed by atoms with E-state index in [9.17, 15) is 5.26 Å². The molecule has 10 heterocycles. The number of fused-ring (bicyclic) bond motifs is 30. The molecular weight excluding hydrogens is 1790 g/mol. The zero-order valence-corrected chi connectivity index (χ0v) is 78.9. The van der Waals surface area contributed by atoms with E-state index in [2.05, 4.69) is 465 Å². The highest BCUT2D eigenvalue weighted by Crippen LogP contribution is 2.56. The average Bonchev–Trinajstić information content (AvgIpc) is 1.52. The van der Waals surface area contributed by atoms with Crippen molar-refractivity contribution < 1.29 is 8.83 Å². The summed E-state index contributed by atoms with van der Waals surface area (Å²) in [6.07, 6.45) is 0. The first kappa shape index (κ1) is 88.1. The van der Waals surface area contributed by atoms with E-state index in [1.165, 1.54) is 152 Å². The van der Waals surface area contributed by atoms with Gasteiger partial charge >= 0.3 is 0 Å². The molecule has 0 aliphatic carbocycles. The van der Waals surface area contributed by atoms with Crippen LogP contribution in [0.1, 0.15) is 52.0 Å². The summed E-state index contributed by atoms with van der Waals surface area (Å²) in [6, 6.07) is 147. The first-order chi connectivity index (χ1) is 69.3. The molecule has 0 saturated heterocycles. The van der Waals surface area contributed by atoms with Gasteiger partial charge in [0.1, 0.15) is 11.2 Å². The van der Waals surface area contributed by atoms with Crippen LogP contribution in [-0.4, -0.2) is 25.7 Å². The van der Waals surface area contributed by atoms with Crippen molar-refractivity contribution in [2.45, 2.75) is 70.1 Å². The molecule has 10 aromatic heterocycles. The van der Waals surface area contributed by atoms with Crippen molar-refractivity contribution in [3.8, 4) is 6.07 Å². The largest absolute Gasteiger partial charge is 0.454 e. The van der Waals surface area contributed by atoms with Crippen LogP contribution >= 0.6 is 0 Å². The van der Waals surface area contributed by atoms with E-state index in [0.29, 0.717) is 11.3 Å². The molecule has 0 aliphatic rings. The van der Waals surface area contributed by atoms with E-state index in [1.807, 2.05) is 24.3 Å². The van der Waals surface area contributed by atoms with Crippen LogP contribution in [0.15, 0.2) is 409 Å². The number of para-hydroxylation sites is 10. The number of aryl methyl sites for hydroxylation is 3. The standard InChI is InChI=1S/C68H42N4O2.C60H42N6Si.4CH4/c1-39-17-9-25-45-47-27-13-35-57(67(47)73-65(39)45)69(41-19-5-3-6-20-41)53-31-15-33-55-61(53)49-29-11-23-43-51-38-60-52(37-59(51)71(55)63(43)49)44-24-12-30-50-62-54(32-16-34-56(62)72(60)64(44)50)70(42-21-7-4-8-22-42)58-36-14-28-48-46-26-10-18-40(2)66(46)74-68(48)58;1-37-18-24-40(25-19-37)63(42-28-22-39(62-2)23-29-42)51-14-8-16-53-57(51)47-12-6-10-45-49-35-56-50(34-55(49)65(53)59(45)47)46-11-7-13-48-58-52(15-9-17-54(58)66(56)60(46)48)64(41-26-20-38(36-61)21-27-41)43-30-32-44(33-31-43)67(3,4)5;;;;/h3-38H,1-2H3;6-35H,1,3-5H3;4*1H4. The van der Waals surface area contributed by atoms with Gasteiger partial charge in [-0.3, -0.25) is 0 Å². The van der Waals surface area contributed by atoms with Gasteiger partial charge in [-0.2, -0.15) is 5.26 Å². The van der Waals surface area contributed by atoms with Crippen molar-refractivity contribution in [1.82, 2.24) is 17.6 Å². The van der Waals surface area contributed by atoms with Crippen molar-refractivity contribution in [3.05, 3.63) is 434 Å². The van der Waals surface area contributed by atoms with E-state index in [0.717, 1.165) is 134 Å². The Hall–Kier alpha value is -18.4. The van der Waals surface area contributed by atoms with Crippen LogP contribution in [0.2, 0.25) is 19.6 Å². The fourth-order valence-corrected chi connectivity index (χ4v) is 25.2. The summed E-state index contributed by atoms with van der Waals surface area (Å²) in [7, 11) is -1.53. The summed E-state index contributed by atoms with van der Waals surface area (Å²) in [6.45, 7) is 21.1. The van der Waals surface area contributed by atoms with Crippen molar-refractivity contribution in [3.63, 3.8) is 0 Å². The van der Waals surface area contributed by atoms with Crippen LogP contribution in [-0.2, 0) is 0 Å². The van der Waals surface area contributed by atoms with E-state index < -0.39 is 8.07 Å². The van der Waals surface area contributed by atoms with Gasteiger partial charge in [-0.15, -0.1) is 0 Å². The predicted octanol–water partition coefficient (Wildman–Crippen LogP) is 38.1. The summed E-state index contributed by atoms with van der Waals surface area (Å²) >= 11 is 0. The lowest BCUT2D eigenvalue weighted by molar-refractivity contribution is 0.665. The molecule has 20 aromatic carbocycles. The fraction of sp³-hybridized carbons (Fsp3) is 0.0758. The Balaban J connectivity index is 0.000000148. The molecule has 145 heavy (non-hydrogen) atoms. The number of nitrogens with zero attached hydrogens (tertiary/aromatic N) is 10. The molecule has 694 valence electrons. The quantitative estimate of drug-likeness (QED) is 0.0840. The summed E-state index contributed by atoms with van der Waals surface area (Å²) in [5.74, 6) is 0. The van der Waals surface area contributed by atoms with Gasteiger partial charge in [0.2, 0.25) is 0 Å². The Morgan fingerprint density at radius 2 is 0.524 bits per heavy atom. The Labute approximate surface area is 839 Å². The second-order valence-corrected chi connectivity index (χ2v) is 44.0. The van der Waals surface area contributed by atoms with Crippen LogP contribution in [0.5, 0.6) is 0 Å². The average molecular weight is 1890 g/mol. The third-order valence-corrected chi connectivity index (χ3v) is 32.2. The van der Waals surface area contributed by atoms with Crippen molar-refractivity contribution in [1.29, 1.82) is 5.26 Å². The number of furan rings is 2. The maximum Gasteiger partial charge on any atom is 0.187 e. The van der Waals surface area contributed by atoms with Crippen molar-refractivity contribution >= 4 is 283 Å².